The number of nitrogens with one attached hydrogen (secondary N) is 1. The smallest absolute Gasteiger partial charge is 0.230 e. The maximum Gasteiger partial charge on any atom is 0.230 e. The van der Waals surface area contributed by atoms with E-state index >= 15 is 0 Å². The Kier molecular flexibility index (Phi) is 7.34. The summed E-state index contributed by atoms with van der Waals surface area (Å²) in [6, 6.07) is 7.64. The summed E-state index contributed by atoms with van der Waals surface area (Å²) >= 11 is 7.24. The van der Waals surface area contributed by atoms with Crippen molar-refractivity contribution in [3.05, 3.63) is 53.3 Å². The van der Waals surface area contributed by atoms with Crippen molar-refractivity contribution in [2.45, 2.75) is 31.5 Å². The molecule has 7 heteroatoms. The lowest BCUT2D eigenvalue weighted by molar-refractivity contribution is -0.118. The molecule has 0 aliphatic heterocycles. The van der Waals surface area contributed by atoms with Gasteiger partial charge in [0.2, 0.25) is 5.91 Å². The summed E-state index contributed by atoms with van der Waals surface area (Å²) < 4.78 is 1.98. The van der Waals surface area contributed by atoms with Gasteiger partial charge in [0.05, 0.1) is 5.75 Å². The molecule has 5 nitrogen and oxygen atoms in total. The Labute approximate surface area is 151 Å². The summed E-state index contributed by atoms with van der Waals surface area (Å²) in [4.78, 5) is 12.0. The SMILES string of the molecule is C=CCn1c(CC)nnc1SCC(=O)NCCc1ccc(Cl)cc1. The summed E-state index contributed by atoms with van der Waals surface area (Å²) in [5.41, 5.74) is 1.14. The molecule has 1 heterocycles. The molecule has 0 unspecified atom stereocenters. The predicted octanol–water partition coefficient (Wildman–Crippen LogP) is 3.13. The standard InChI is InChI=1S/C17H21ClN4OS/c1-3-11-22-15(4-2)20-21-17(22)24-12-16(23)19-10-9-13-5-7-14(18)8-6-13/h3,5-8H,1,4,9-12H2,2H3,(H,19,23). The summed E-state index contributed by atoms with van der Waals surface area (Å²) in [5, 5.41) is 12.7. The summed E-state index contributed by atoms with van der Waals surface area (Å²) in [6.45, 7) is 7.03. The molecule has 2 rings (SSSR count). The van der Waals surface area contributed by atoms with Crippen LogP contribution >= 0.6 is 23.4 Å². The first-order valence-corrected chi connectivity index (χ1v) is 9.17. The zero-order chi connectivity index (χ0) is 17.4. The number of benzene rings is 1. The monoisotopic (exact) mass is 364 g/mol. The molecule has 2 aromatic rings. The number of carbonyl (C=O) groups excluding carboxylic acids is 1. The number of thioether (sulfide) groups is 1. The predicted molar refractivity (Wildman–Crippen MR) is 98.5 cm³/mol. The first-order chi connectivity index (χ1) is 11.6. The van der Waals surface area contributed by atoms with E-state index in [9.17, 15) is 4.79 Å². The van der Waals surface area contributed by atoms with Crippen molar-refractivity contribution in [3.8, 4) is 0 Å². The van der Waals surface area contributed by atoms with E-state index in [-0.39, 0.29) is 5.91 Å². The fraction of sp³-hybridized carbons (Fsp3) is 0.353. The Morgan fingerprint density at radius 1 is 1.38 bits per heavy atom. The highest BCUT2D eigenvalue weighted by molar-refractivity contribution is 7.99. The van der Waals surface area contributed by atoms with E-state index < -0.39 is 0 Å². The van der Waals surface area contributed by atoms with Gasteiger partial charge < -0.3 is 9.88 Å². The molecule has 0 fully saturated rings. The van der Waals surface area contributed by atoms with Crippen molar-refractivity contribution in [1.29, 1.82) is 0 Å². The minimum atomic E-state index is -0.0137. The number of hydrogen-bond donors (Lipinski definition) is 1. The number of halogens is 1. The van der Waals surface area contributed by atoms with Gasteiger partial charge in [-0.15, -0.1) is 16.8 Å². The number of aryl methyl sites for hydroxylation is 1. The van der Waals surface area contributed by atoms with Gasteiger partial charge in [0.1, 0.15) is 5.82 Å². The van der Waals surface area contributed by atoms with Gasteiger partial charge in [0.15, 0.2) is 5.16 Å². The molecule has 0 aliphatic carbocycles. The average Bonchev–Trinajstić information content (AvgIpc) is 2.97. The van der Waals surface area contributed by atoms with Crippen LogP contribution in [-0.2, 0) is 24.2 Å². The lowest BCUT2D eigenvalue weighted by Gasteiger charge is -2.07. The molecule has 128 valence electrons. The first-order valence-electron chi connectivity index (χ1n) is 7.81. The molecule has 1 aromatic heterocycles. The molecule has 1 N–H and O–H groups in total. The fourth-order valence-corrected chi connectivity index (χ4v) is 3.10. The molecular formula is C17H21ClN4OS. The summed E-state index contributed by atoms with van der Waals surface area (Å²) in [5.74, 6) is 1.21. The summed E-state index contributed by atoms with van der Waals surface area (Å²) in [6.07, 6.45) is 3.38. The third-order valence-electron chi connectivity index (χ3n) is 3.40. The highest BCUT2D eigenvalue weighted by atomic mass is 35.5. The molecule has 0 radical (unpaired) electrons. The quantitative estimate of drug-likeness (QED) is 0.548. The van der Waals surface area contributed by atoms with E-state index in [0.29, 0.717) is 23.9 Å². The normalized spacial score (nSPS) is 10.6. The molecule has 1 aromatic carbocycles. The Morgan fingerprint density at radius 3 is 2.79 bits per heavy atom. The second-order valence-corrected chi connectivity index (χ2v) is 6.55. The lowest BCUT2D eigenvalue weighted by atomic mass is 10.1. The molecule has 0 saturated carbocycles. The highest BCUT2D eigenvalue weighted by Crippen LogP contribution is 2.17. The van der Waals surface area contributed by atoms with Gasteiger partial charge in [-0.3, -0.25) is 4.79 Å². The molecule has 24 heavy (non-hydrogen) atoms. The topological polar surface area (TPSA) is 59.8 Å². The average molecular weight is 365 g/mol. The van der Waals surface area contributed by atoms with Crippen molar-refractivity contribution in [2.75, 3.05) is 12.3 Å². The number of carbonyl (C=O) groups is 1. The van der Waals surface area contributed by atoms with E-state index in [1.54, 1.807) is 6.08 Å². The van der Waals surface area contributed by atoms with Crippen molar-refractivity contribution in [1.82, 2.24) is 20.1 Å². The van der Waals surface area contributed by atoms with E-state index in [0.717, 1.165) is 29.4 Å². The van der Waals surface area contributed by atoms with E-state index in [2.05, 4.69) is 22.1 Å². The number of amides is 1. The van der Waals surface area contributed by atoms with Gasteiger partial charge in [-0.1, -0.05) is 48.5 Å². The van der Waals surface area contributed by atoms with Gasteiger partial charge in [-0.25, -0.2) is 0 Å². The molecule has 0 aliphatic rings. The maximum absolute atomic E-state index is 12.0. The minimum absolute atomic E-state index is 0.0137. The van der Waals surface area contributed by atoms with Crippen molar-refractivity contribution in [2.24, 2.45) is 0 Å². The molecule has 0 saturated heterocycles. The van der Waals surface area contributed by atoms with Crippen LogP contribution in [0, 0.1) is 0 Å². The Morgan fingerprint density at radius 2 is 2.12 bits per heavy atom. The van der Waals surface area contributed by atoms with Crippen LogP contribution in [0.1, 0.15) is 18.3 Å². The van der Waals surface area contributed by atoms with Crippen LogP contribution in [0.4, 0.5) is 0 Å². The van der Waals surface area contributed by atoms with E-state index in [4.69, 9.17) is 11.6 Å². The van der Waals surface area contributed by atoms with E-state index in [1.807, 2.05) is 35.8 Å². The molecule has 0 atom stereocenters. The molecule has 1 amide bonds. The third-order valence-corrected chi connectivity index (χ3v) is 4.62. The maximum atomic E-state index is 12.0. The van der Waals surface area contributed by atoms with Crippen LogP contribution in [-0.4, -0.2) is 33.0 Å². The largest absolute Gasteiger partial charge is 0.355 e. The van der Waals surface area contributed by atoms with Crippen LogP contribution < -0.4 is 5.32 Å². The van der Waals surface area contributed by atoms with Crippen LogP contribution in [0.3, 0.4) is 0 Å². The first kappa shape index (κ1) is 18.5. The van der Waals surface area contributed by atoms with Crippen LogP contribution in [0.25, 0.3) is 0 Å². The van der Waals surface area contributed by atoms with Crippen LogP contribution in [0.15, 0.2) is 42.1 Å². The zero-order valence-electron chi connectivity index (χ0n) is 13.7. The van der Waals surface area contributed by atoms with Gasteiger partial charge in [0, 0.05) is 24.5 Å². The van der Waals surface area contributed by atoms with Crippen molar-refractivity contribution < 1.29 is 4.79 Å². The minimum Gasteiger partial charge on any atom is -0.355 e. The van der Waals surface area contributed by atoms with Crippen LogP contribution in [0.2, 0.25) is 5.02 Å². The molecule has 0 spiro atoms. The Hall–Kier alpha value is -1.79. The zero-order valence-corrected chi connectivity index (χ0v) is 15.2. The lowest BCUT2D eigenvalue weighted by Crippen LogP contribution is -2.27. The highest BCUT2D eigenvalue weighted by Gasteiger charge is 2.12. The van der Waals surface area contributed by atoms with Crippen molar-refractivity contribution >= 4 is 29.3 Å². The fourth-order valence-electron chi connectivity index (χ4n) is 2.18. The molecular weight excluding hydrogens is 344 g/mol. The Balaban J connectivity index is 1.78. The molecule has 0 bridgehead atoms. The number of rotatable bonds is 9. The second kappa shape index (κ2) is 9.49. The van der Waals surface area contributed by atoms with Gasteiger partial charge in [-0.05, 0) is 24.1 Å². The van der Waals surface area contributed by atoms with Gasteiger partial charge in [0.25, 0.3) is 0 Å². The number of hydrogen-bond acceptors (Lipinski definition) is 4. The number of aromatic nitrogens is 3. The number of nitrogens with zero attached hydrogens (tertiary/aromatic N) is 3. The Bertz CT molecular complexity index is 684. The van der Waals surface area contributed by atoms with Gasteiger partial charge >= 0.3 is 0 Å². The summed E-state index contributed by atoms with van der Waals surface area (Å²) in [7, 11) is 0. The number of allylic oxidation sites excluding steroid dienone is 1. The third kappa shape index (κ3) is 5.39. The van der Waals surface area contributed by atoms with E-state index in [1.165, 1.54) is 11.8 Å². The van der Waals surface area contributed by atoms with Gasteiger partial charge in [-0.2, -0.15) is 0 Å². The second-order valence-electron chi connectivity index (χ2n) is 5.17. The van der Waals surface area contributed by atoms with Crippen molar-refractivity contribution in [3.63, 3.8) is 0 Å². The van der Waals surface area contributed by atoms with Crippen LogP contribution in [0.5, 0.6) is 0 Å².